The van der Waals surface area contributed by atoms with Crippen molar-refractivity contribution in [1.29, 1.82) is 0 Å². The molecule has 19 heavy (non-hydrogen) atoms. The fraction of sp³-hybridized carbons (Fsp3) is 0.385. The van der Waals surface area contributed by atoms with Crippen LogP contribution in [0, 0.1) is 0 Å². The maximum atomic E-state index is 4.63. The van der Waals surface area contributed by atoms with Crippen LogP contribution < -0.4 is 5.32 Å². The average Bonchev–Trinajstić information content (AvgIpc) is 3.09. The van der Waals surface area contributed by atoms with Gasteiger partial charge in [0.2, 0.25) is 0 Å². The summed E-state index contributed by atoms with van der Waals surface area (Å²) in [5.41, 5.74) is 1.09. The molecule has 1 unspecified atom stereocenters. The van der Waals surface area contributed by atoms with Gasteiger partial charge in [-0.25, -0.2) is 9.97 Å². The predicted molar refractivity (Wildman–Crippen MR) is 76.4 cm³/mol. The first-order valence-corrected chi connectivity index (χ1v) is 7.38. The minimum absolute atomic E-state index is 0.194. The van der Waals surface area contributed by atoms with Crippen LogP contribution in [0.4, 0.5) is 0 Å². The molecule has 0 aliphatic rings. The molecule has 2 N–H and O–H groups in total. The van der Waals surface area contributed by atoms with Crippen molar-refractivity contribution in [2.75, 3.05) is 6.54 Å². The summed E-state index contributed by atoms with van der Waals surface area (Å²) in [6.45, 7) is 3.15. The lowest BCUT2D eigenvalue weighted by molar-refractivity contribution is 0.505. The van der Waals surface area contributed by atoms with Crippen molar-refractivity contribution in [3.05, 3.63) is 41.7 Å². The van der Waals surface area contributed by atoms with Crippen LogP contribution >= 0.6 is 11.3 Å². The van der Waals surface area contributed by atoms with Gasteiger partial charge in [0.1, 0.15) is 5.82 Å². The van der Waals surface area contributed by atoms with Gasteiger partial charge in [0.15, 0.2) is 4.96 Å². The first-order valence-electron chi connectivity index (χ1n) is 6.50. The number of fused-ring (bicyclic) bond motifs is 1. The zero-order valence-corrected chi connectivity index (χ0v) is 11.7. The molecule has 0 radical (unpaired) electrons. The quantitative estimate of drug-likeness (QED) is 0.726. The molecule has 0 saturated heterocycles. The number of rotatable bonds is 6. The number of nitrogens with zero attached hydrogens (tertiary/aromatic N) is 3. The summed E-state index contributed by atoms with van der Waals surface area (Å²) in [5, 5.41) is 5.56. The van der Waals surface area contributed by atoms with Crippen LogP contribution in [-0.2, 0) is 6.42 Å². The first-order chi connectivity index (χ1) is 9.36. The Bertz CT molecular complexity index is 596. The Balaban J connectivity index is 1.78. The number of thiazole rings is 1. The van der Waals surface area contributed by atoms with E-state index in [9.17, 15) is 0 Å². The van der Waals surface area contributed by atoms with Crippen molar-refractivity contribution in [2.45, 2.75) is 25.8 Å². The highest BCUT2D eigenvalue weighted by atomic mass is 32.1. The predicted octanol–water partition coefficient (Wildman–Crippen LogP) is 2.40. The Morgan fingerprint density at radius 1 is 1.53 bits per heavy atom. The third kappa shape index (κ3) is 2.69. The monoisotopic (exact) mass is 275 g/mol. The third-order valence-electron chi connectivity index (χ3n) is 3.05. The van der Waals surface area contributed by atoms with Crippen molar-refractivity contribution in [3.63, 3.8) is 0 Å². The first kappa shape index (κ1) is 12.4. The van der Waals surface area contributed by atoms with Crippen LogP contribution in [-0.4, -0.2) is 25.9 Å². The molecule has 5 nitrogen and oxygen atoms in total. The summed E-state index contributed by atoms with van der Waals surface area (Å²) in [6, 6.07) is 0.194. The van der Waals surface area contributed by atoms with Crippen molar-refractivity contribution < 1.29 is 0 Å². The molecule has 6 heteroatoms. The van der Waals surface area contributed by atoms with E-state index < -0.39 is 0 Å². The van der Waals surface area contributed by atoms with Crippen LogP contribution in [0.2, 0.25) is 0 Å². The Morgan fingerprint density at radius 3 is 3.21 bits per heavy atom. The van der Waals surface area contributed by atoms with E-state index in [0.717, 1.165) is 35.9 Å². The molecule has 3 rings (SSSR count). The number of nitrogens with one attached hydrogen (secondary N) is 2. The molecule has 0 spiro atoms. The number of imidazole rings is 2. The summed E-state index contributed by atoms with van der Waals surface area (Å²) in [4.78, 5) is 13.2. The van der Waals surface area contributed by atoms with Crippen LogP contribution in [0.15, 0.2) is 30.2 Å². The normalized spacial score (nSPS) is 13.1. The number of aromatic amines is 1. The summed E-state index contributed by atoms with van der Waals surface area (Å²) in [6.07, 6.45) is 9.74. The fourth-order valence-corrected chi connectivity index (χ4v) is 2.85. The molecule has 0 aliphatic carbocycles. The van der Waals surface area contributed by atoms with Gasteiger partial charge in [0.25, 0.3) is 0 Å². The third-order valence-corrected chi connectivity index (χ3v) is 3.82. The van der Waals surface area contributed by atoms with Crippen LogP contribution in [0.5, 0.6) is 0 Å². The molecule has 1 atom stereocenters. The second-order valence-electron chi connectivity index (χ2n) is 4.51. The summed E-state index contributed by atoms with van der Waals surface area (Å²) < 4.78 is 2.07. The SMILES string of the molecule is CCCNC(Cc1cn2ccsc2n1)c1ncc[nH]1. The van der Waals surface area contributed by atoms with E-state index in [0.29, 0.717) is 0 Å². The van der Waals surface area contributed by atoms with Gasteiger partial charge in [-0.05, 0) is 13.0 Å². The Morgan fingerprint density at radius 2 is 2.47 bits per heavy atom. The van der Waals surface area contributed by atoms with Gasteiger partial charge in [0, 0.05) is 36.6 Å². The smallest absolute Gasteiger partial charge is 0.193 e. The van der Waals surface area contributed by atoms with Gasteiger partial charge in [-0.3, -0.25) is 4.40 Å². The van der Waals surface area contributed by atoms with Crippen LogP contribution in [0.3, 0.4) is 0 Å². The number of hydrogen-bond donors (Lipinski definition) is 2. The number of aromatic nitrogens is 4. The van der Waals surface area contributed by atoms with Gasteiger partial charge in [-0.2, -0.15) is 0 Å². The average molecular weight is 275 g/mol. The zero-order chi connectivity index (χ0) is 13.1. The second-order valence-corrected chi connectivity index (χ2v) is 5.38. The van der Waals surface area contributed by atoms with Gasteiger partial charge in [-0.1, -0.05) is 6.92 Å². The molecule has 0 aliphatic heterocycles. The van der Waals surface area contributed by atoms with E-state index in [4.69, 9.17) is 0 Å². The van der Waals surface area contributed by atoms with Gasteiger partial charge in [0.05, 0.1) is 11.7 Å². The standard InChI is InChI=1S/C13H17N5S/c1-2-3-14-11(12-15-4-5-16-12)8-10-9-18-6-7-19-13(18)17-10/h4-7,9,11,14H,2-3,8H2,1H3,(H,15,16). The number of hydrogen-bond acceptors (Lipinski definition) is 4. The molecule has 0 saturated carbocycles. The highest BCUT2D eigenvalue weighted by Gasteiger charge is 2.15. The highest BCUT2D eigenvalue weighted by Crippen LogP contribution is 2.17. The summed E-state index contributed by atoms with van der Waals surface area (Å²) in [7, 11) is 0. The molecule has 0 amide bonds. The van der Waals surface area contributed by atoms with Gasteiger partial charge < -0.3 is 10.3 Å². The van der Waals surface area contributed by atoms with E-state index in [-0.39, 0.29) is 6.04 Å². The molecule has 100 valence electrons. The molecular formula is C13H17N5S. The van der Waals surface area contributed by atoms with E-state index >= 15 is 0 Å². The second kappa shape index (κ2) is 5.54. The largest absolute Gasteiger partial charge is 0.347 e. The van der Waals surface area contributed by atoms with Crippen LogP contribution in [0.25, 0.3) is 4.96 Å². The molecule has 0 fully saturated rings. The summed E-state index contributed by atoms with van der Waals surface area (Å²) in [5.74, 6) is 0.977. The fourth-order valence-electron chi connectivity index (χ4n) is 2.14. The lowest BCUT2D eigenvalue weighted by Gasteiger charge is -2.14. The molecule has 3 aromatic rings. The minimum atomic E-state index is 0.194. The van der Waals surface area contributed by atoms with Crippen molar-refractivity contribution >= 4 is 16.3 Å². The highest BCUT2D eigenvalue weighted by molar-refractivity contribution is 7.15. The molecule has 0 bridgehead atoms. The minimum Gasteiger partial charge on any atom is -0.347 e. The molecular weight excluding hydrogens is 258 g/mol. The van der Waals surface area contributed by atoms with Crippen molar-refractivity contribution in [2.24, 2.45) is 0 Å². The lowest BCUT2D eigenvalue weighted by Crippen LogP contribution is -2.25. The zero-order valence-electron chi connectivity index (χ0n) is 10.8. The number of H-pyrrole nitrogens is 1. The van der Waals surface area contributed by atoms with E-state index in [1.807, 2.05) is 17.8 Å². The topological polar surface area (TPSA) is 58.0 Å². The van der Waals surface area contributed by atoms with Crippen molar-refractivity contribution in [1.82, 2.24) is 24.7 Å². The Kier molecular flexibility index (Phi) is 3.61. The summed E-state index contributed by atoms with van der Waals surface area (Å²) >= 11 is 1.66. The molecule has 3 aromatic heterocycles. The lowest BCUT2D eigenvalue weighted by atomic mass is 10.1. The van der Waals surface area contributed by atoms with E-state index in [1.54, 1.807) is 17.5 Å². The van der Waals surface area contributed by atoms with Gasteiger partial charge >= 0.3 is 0 Å². The Hall–Kier alpha value is -1.66. The molecule has 0 aromatic carbocycles. The van der Waals surface area contributed by atoms with Gasteiger partial charge in [-0.15, -0.1) is 11.3 Å². The Labute approximate surface area is 115 Å². The van der Waals surface area contributed by atoms with Crippen LogP contribution in [0.1, 0.15) is 30.9 Å². The maximum absolute atomic E-state index is 4.63. The van der Waals surface area contributed by atoms with Crippen molar-refractivity contribution in [3.8, 4) is 0 Å². The molecule has 3 heterocycles. The maximum Gasteiger partial charge on any atom is 0.193 e. The van der Waals surface area contributed by atoms with E-state index in [2.05, 4.69) is 37.8 Å². The van der Waals surface area contributed by atoms with E-state index in [1.165, 1.54) is 0 Å².